The van der Waals surface area contributed by atoms with Crippen molar-refractivity contribution in [2.24, 2.45) is 0 Å². The predicted octanol–water partition coefficient (Wildman–Crippen LogP) is 16.0. The molecule has 2 heterocycles. The van der Waals surface area contributed by atoms with E-state index >= 15 is 0 Å². The summed E-state index contributed by atoms with van der Waals surface area (Å²) in [6.45, 7) is 0. The molecule has 11 rings (SSSR count). The van der Waals surface area contributed by atoms with Gasteiger partial charge in [0.15, 0.2) is 0 Å². The van der Waals surface area contributed by atoms with Gasteiger partial charge in [0.25, 0.3) is 0 Å². The van der Waals surface area contributed by atoms with Gasteiger partial charge in [-0.25, -0.2) is 0 Å². The number of nitrogens with zero attached hydrogens (tertiary/aromatic N) is 1. The van der Waals surface area contributed by atoms with Crippen molar-refractivity contribution in [1.29, 1.82) is 0 Å². The van der Waals surface area contributed by atoms with E-state index in [-0.39, 0.29) is 0 Å². The summed E-state index contributed by atoms with van der Waals surface area (Å²) in [4.78, 5) is 2.43. The molecule has 1 nitrogen and oxygen atoms in total. The van der Waals surface area contributed by atoms with Crippen molar-refractivity contribution in [1.82, 2.24) is 0 Å². The van der Waals surface area contributed by atoms with Crippen molar-refractivity contribution in [3.8, 4) is 33.4 Å². The van der Waals surface area contributed by atoms with Crippen molar-refractivity contribution in [3.05, 3.63) is 200 Å². The lowest BCUT2D eigenvalue weighted by atomic mass is 9.90. The molecule has 0 unspecified atom stereocenters. The molecular weight excluding hydrogens is 703 g/mol. The molecule has 0 fully saturated rings. The summed E-state index contributed by atoms with van der Waals surface area (Å²) in [6, 6.07) is 73.5. The van der Waals surface area contributed by atoms with Crippen LogP contribution >= 0.6 is 22.7 Å². The third kappa shape index (κ3) is 5.43. The third-order valence-electron chi connectivity index (χ3n) is 10.9. The number of hydrogen-bond donors (Lipinski definition) is 0. The number of benzene rings is 9. The Bertz CT molecular complexity index is 3200. The zero-order valence-electron chi connectivity index (χ0n) is 29.8. The molecule has 9 aromatic carbocycles. The van der Waals surface area contributed by atoms with Gasteiger partial charge in [-0.2, -0.15) is 0 Å². The highest BCUT2D eigenvalue weighted by molar-refractivity contribution is 7.26. The first-order valence-electron chi connectivity index (χ1n) is 18.7. The van der Waals surface area contributed by atoms with Crippen molar-refractivity contribution >= 4 is 90.9 Å². The van der Waals surface area contributed by atoms with Gasteiger partial charge in [0.1, 0.15) is 0 Å². The predicted molar refractivity (Wildman–Crippen MR) is 241 cm³/mol. The molecule has 3 heteroatoms. The van der Waals surface area contributed by atoms with Gasteiger partial charge in [0.05, 0.1) is 0 Å². The first kappa shape index (κ1) is 32.0. The summed E-state index contributed by atoms with van der Waals surface area (Å²) in [5, 5.41) is 7.72. The maximum absolute atomic E-state index is 2.43. The fourth-order valence-electron chi connectivity index (χ4n) is 8.28. The second kappa shape index (κ2) is 13.1. The van der Waals surface area contributed by atoms with E-state index in [4.69, 9.17) is 0 Å². The number of thiophene rings is 2. The van der Waals surface area contributed by atoms with E-state index in [1.54, 1.807) is 0 Å². The van der Waals surface area contributed by atoms with E-state index in [0.29, 0.717) is 0 Å². The minimum absolute atomic E-state index is 1.11. The van der Waals surface area contributed by atoms with Gasteiger partial charge >= 0.3 is 0 Å². The van der Waals surface area contributed by atoms with Crippen LogP contribution in [0.3, 0.4) is 0 Å². The summed E-state index contributed by atoms with van der Waals surface area (Å²) >= 11 is 3.75. The average molecular weight is 736 g/mol. The Morgan fingerprint density at radius 2 is 0.855 bits per heavy atom. The number of anilines is 3. The number of fused-ring (bicyclic) bond motifs is 7. The van der Waals surface area contributed by atoms with E-state index < -0.39 is 0 Å². The molecule has 55 heavy (non-hydrogen) atoms. The first-order chi connectivity index (χ1) is 27.3. The number of hydrogen-bond acceptors (Lipinski definition) is 3. The monoisotopic (exact) mass is 735 g/mol. The maximum atomic E-state index is 2.43. The largest absolute Gasteiger partial charge is 0.310 e. The minimum atomic E-state index is 1.11. The second-order valence-corrected chi connectivity index (χ2v) is 16.2. The van der Waals surface area contributed by atoms with Crippen molar-refractivity contribution in [2.45, 2.75) is 0 Å². The number of rotatable bonds is 6. The first-order valence-corrected chi connectivity index (χ1v) is 20.3. The minimum Gasteiger partial charge on any atom is -0.310 e. The van der Waals surface area contributed by atoms with Crippen LogP contribution in [0.4, 0.5) is 17.1 Å². The molecular formula is C52H33NS2. The fraction of sp³-hybridized carbons (Fsp3) is 0. The molecule has 2 aromatic heterocycles. The van der Waals surface area contributed by atoms with Gasteiger partial charge in [-0.15, -0.1) is 22.7 Å². The Kier molecular flexibility index (Phi) is 7.61. The van der Waals surface area contributed by atoms with Gasteiger partial charge in [-0.3, -0.25) is 0 Å². The van der Waals surface area contributed by atoms with E-state index in [9.17, 15) is 0 Å². The Morgan fingerprint density at radius 3 is 1.69 bits per heavy atom. The maximum Gasteiger partial charge on any atom is 0.0476 e. The highest BCUT2D eigenvalue weighted by Crippen LogP contribution is 2.47. The van der Waals surface area contributed by atoms with Gasteiger partial charge in [-0.1, -0.05) is 152 Å². The van der Waals surface area contributed by atoms with Crippen molar-refractivity contribution < 1.29 is 0 Å². The Balaban J connectivity index is 1.17. The molecule has 0 aliphatic carbocycles. The summed E-state index contributed by atoms with van der Waals surface area (Å²) in [5.41, 5.74) is 10.7. The topological polar surface area (TPSA) is 3.24 Å². The highest BCUT2D eigenvalue weighted by atomic mass is 32.1. The quantitative estimate of drug-likeness (QED) is 0.164. The zero-order chi connectivity index (χ0) is 36.3. The van der Waals surface area contributed by atoms with E-state index in [1.807, 2.05) is 22.7 Å². The normalized spacial score (nSPS) is 11.6. The third-order valence-corrected chi connectivity index (χ3v) is 13.2. The Hall–Kier alpha value is -6.52. The lowest BCUT2D eigenvalue weighted by Gasteiger charge is -2.27. The SMILES string of the molecule is c1ccc(-c2ccc(N(c3ccc(-c4cccc5ccccc45)c(-c4cccc5c4sc4ccccc45)c3)c3ccc4c(c3)sc3ccccc34)cc2)cc1. The van der Waals surface area contributed by atoms with Gasteiger partial charge in [0.2, 0.25) is 0 Å². The summed E-state index contributed by atoms with van der Waals surface area (Å²) in [6.07, 6.45) is 0. The van der Waals surface area contributed by atoms with Crippen LogP contribution in [0.15, 0.2) is 200 Å². The fourth-order valence-corrected chi connectivity index (χ4v) is 10.7. The smallest absolute Gasteiger partial charge is 0.0476 e. The molecule has 0 amide bonds. The summed E-state index contributed by atoms with van der Waals surface area (Å²) < 4.78 is 5.22. The molecule has 0 bridgehead atoms. The molecule has 0 saturated carbocycles. The Labute approximate surface area is 327 Å². The molecule has 258 valence electrons. The molecule has 0 N–H and O–H groups in total. The summed E-state index contributed by atoms with van der Waals surface area (Å²) in [7, 11) is 0. The van der Waals surface area contributed by atoms with Crippen LogP contribution in [0.25, 0.3) is 84.5 Å². The Morgan fingerprint density at radius 1 is 0.291 bits per heavy atom. The highest BCUT2D eigenvalue weighted by Gasteiger charge is 2.20. The van der Waals surface area contributed by atoms with Gasteiger partial charge in [-0.05, 0) is 87.1 Å². The molecule has 11 aromatic rings. The van der Waals surface area contributed by atoms with Crippen LogP contribution in [0.1, 0.15) is 0 Å². The van der Waals surface area contributed by atoms with E-state index in [2.05, 4.69) is 205 Å². The van der Waals surface area contributed by atoms with Gasteiger partial charge < -0.3 is 4.90 Å². The standard InChI is InChI=1S/C52H33NS2/c1-2-12-34(13-3-1)35-24-26-37(27-25-35)53(39-29-31-45-43-17-6-8-22-49(43)54-51(45)33-39)38-28-30-42(41-19-10-15-36-14-4-5-16-40(36)41)48(32-38)47-21-11-20-46-44-18-7-9-23-50(44)55-52(46)47/h1-33H. The van der Waals surface area contributed by atoms with Crippen LogP contribution in [0.5, 0.6) is 0 Å². The lowest BCUT2D eigenvalue weighted by Crippen LogP contribution is -2.10. The van der Waals surface area contributed by atoms with Crippen LogP contribution in [-0.2, 0) is 0 Å². The molecule has 0 saturated heterocycles. The molecule has 0 spiro atoms. The van der Waals surface area contributed by atoms with Crippen LogP contribution in [0, 0.1) is 0 Å². The van der Waals surface area contributed by atoms with Crippen LogP contribution in [-0.4, -0.2) is 0 Å². The van der Waals surface area contributed by atoms with E-state index in [0.717, 1.165) is 17.1 Å². The molecule has 0 atom stereocenters. The van der Waals surface area contributed by atoms with E-state index in [1.165, 1.54) is 84.5 Å². The molecule has 0 radical (unpaired) electrons. The summed E-state index contributed by atoms with van der Waals surface area (Å²) in [5.74, 6) is 0. The van der Waals surface area contributed by atoms with Crippen molar-refractivity contribution in [3.63, 3.8) is 0 Å². The van der Waals surface area contributed by atoms with Crippen LogP contribution < -0.4 is 4.90 Å². The molecule has 0 aliphatic rings. The van der Waals surface area contributed by atoms with Crippen molar-refractivity contribution in [2.75, 3.05) is 4.90 Å². The van der Waals surface area contributed by atoms with Gasteiger partial charge in [0, 0.05) is 63.0 Å². The second-order valence-electron chi connectivity index (χ2n) is 14.1. The average Bonchev–Trinajstić information content (AvgIpc) is 3.82. The molecule has 0 aliphatic heterocycles. The van der Waals surface area contributed by atoms with Crippen LogP contribution in [0.2, 0.25) is 0 Å². The lowest BCUT2D eigenvalue weighted by molar-refractivity contribution is 1.29. The zero-order valence-corrected chi connectivity index (χ0v) is 31.4.